The smallest absolute Gasteiger partial charge is 0.358 e. The summed E-state index contributed by atoms with van der Waals surface area (Å²) in [7, 11) is 0. The summed E-state index contributed by atoms with van der Waals surface area (Å²) in [5, 5.41) is 17.8. The molecule has 0 unspecified atom stereocenters. The number of aromatic carboxylic acids is 1. The van der Waals surface area contributed by atoms with Crippen LogP contribution in [0.5, 0.6) is 0 Å². The van der Waals surface area contributed by atoms with Crippen molar-refractivity contribution in [3.63, 3.8) is 0 Å². The van der Waals surface area contributed by atoms with Crippen molar-refractivity contribution in [2.24, 2.45) is 0 Å². The van der Waals surface area contributed by atoms with Gasteiger partial charge in [-0.1, -0.05) is 58.8 Å². The highest BCUT2D eigenvalue weighted by molar-refractivity contribution is 6.30. The fraction of sp³-hybridized carbons (Fsp3) is 0.118. The van der Waals surface area contributed by atoms with Crippen molar-refractivity contribution in [1.29, 1.82) is 0 Å². The Bertz CT molecular complexity index is 839. The van der Waals surface area contributed by atoms with E-state index < -0.39 is 5.97 Å². The van der Waals surface area contributed by atoms with Gasteiger partial charge < -0.3 is 5.11 Å². The predicted octanol–water partition coefficient (Wildman–Crippen LogP) is 3.65. The molecule has 1 aromatic heterocycles. The highest BCUT2D eigenvalue weighted by atomic mass is 35.5. The van der Waals surface area contributed by atoms with Crippen LogP contribution in [0.15, 0.2) is 48.5 Å². The van der Waals surface area contributed by atoms with Crippen LogP contribution in [-0.2, 0) is 6.54 Å². The maximum atomic E-state index is 11.4. The molecular formula is C17H14ClN3O2. The van der Waals surface area contributed by atoms with Crippen LogP contribution in [0.4, 0.5) is 0 Å². The van der Waals surface area contributed by atoms with Crippen molar-refractivity contribution < 1.29 is 9.90 Å². The van der Waals surface area contributed by atoms with E-state index in [-0.39, 0.29) is 5.69 Å². The molecule has 0 aliphatic rings. The van der Waals surface area contributed by atoms with E-state index in [2.05, 4.69) is 10.3 Å². The van der Waals surface area contributed by atoms with Crippen molar-refractivity contribution in [1.82, 2.24) is 15.0 Å². The molecule has 23 heavy (non-hydrogen) atoms. The van der Waals surface area contributed by atoms with Crippen molar-refractivity contribution in [3.8, 4) is 11.3 Å². The summed E-state index contributed by atoms with van der Waals surface area (Å²) in [6.45, 7) is 2.39. The zero-order valence-corrected chi connectivity index (χ0v) is 13.2. The molecule has 0 radical (unpaired) electrons. The number of nitrogens with zero attached hydrogens (tertiary/aromatic N) is 3. The Hall–Kier alpha value is -2.66. The molecule has 0 aliphatic carbocycles. The molecule has 6 heteroatoms. The maximum absolute atomic E-state index is 11.4. The molecule has 0 saturated heterocycles. The van der Waals surface area contributed by atoms with Gasteiger partial charge >= 0.3 is 5.97 Å². The third kappa shape index (κ3) is 3.24. The van der Waals surface area contributed by atoms with Crippen LogP contribution in [-0.4, -0.2) is 26.1 Å². The number of benzene rings is 2. The zero-order valence-electron chi connectivity index (χ0n) is 12.4. The van der Waals surface area contributed by atoms with Crippen LogP contribution in [0.2, 0.25) is 5.02 Å². The van der Waals surface area contributed by atoms with Crippen molar-refractivity contribution >= 4 is 17.6 Å². The topological polar surface area (TPSA) is 68.0 Å². The number of aromatic nitrogens is 3. The van der Waals surface area contributed by atoms with E-state index in [1.54, 1.807) is 16.8 Å². The number of aryl methyl sites for hydroxylation is 1. The maximum Gasteiger partial charge on any atom is 0.358 e. The Morgan fingerprint density at radius 1 is 1.13 bits per heavy atom. The summed E-state index contributed by atoms with van der Waals surface area (Å²) in [4.78, 5) is 11.4. The van der Waals surface area contributed by atoms with Gasteiger partial charge in [0, 0.05) is 10.6 Å². The highest BCUT2D eigenvalue weighted by Crippen LogP contribution is 2.24. The van der Waals surface area contributed by atoms with E-state index >= 15 is 0 Å². The van der Waals surface area contributed by atoms with Gasteiger partial charge in [0.1, 0.15) is 5.69 Å². The SMILES string of the molecule is Cc1ccc(-c2c(C(=O)O)nnn2Cc2ccc(Cl)cc2)cc1. The van der Waals surface area contributed by atoms with Gasteiger partial charge in [0.05, 0.1) is 6.54 Å². The number of hydrogen-bond donors (Lipinski definition) is 1. The number of halogens is 1. The Morgan fingerprint density at radius 2 is 1.78 bits per heavy atom. The molecule has 1 N–H and O–H groups in total. The molecule has 1 heterocycles. The van der Waals surface area contributed by atoms with Crippen molar-refractivity contribution in [2.45, 2.75) is 13.5 Å². The van der Waals surface area contributed by atoms with Crippen molar-refractivity contribution in [2.75, 3.05) is 0 Å². The van der Waals surface area contributed by atoms with Crippen LogP contribution in [0.3, 0.4) is 0 Å². The van der Waals surface area contributed by atoms with Gasteiger partial charge in [0.25, 0.3) is 0 Å². The monoisotopic (exact) mass is 327 g/mol. The molecule has 0 fully saturated rings. The van der Waals surface area contributed by atoms with Crippen LogP contribution in [0.25, 0.3) is 11.3 Å². The normalized spacial score (nSPS) is 10.7. The molecule has 0 aliphatic heterocycles. The van der Waals surface area contributed by atoms with Crippen LogP contribution in [0, 0.1) is 6.92 Å². The zero-order chi connectivity index (χ0) is 16.4. The minimum atomic E-state index is -1.09. The summed E-state index contributed by atoms with van der Waals surface area (Å²) in [5.41, 5.74) is 3.27. The first kappa shape index (κ1) is 15.2. The number of carboxylic acids is 1. The second-order valence-corrected chi connectivity index (χ2v) is 5.68. The van der Waals surface area contributed by atoms with Gasteiger partial charge in [-0.2, -0.15) is 0 Å². The van der Waals surface area contributed by atoms with E-state index in [1.807, 2.05) is 43.3 Å². The summed E-state index contributed by atoms with van der Waals surface area (Å²) >= 11 is 5.89. The van der Waals surface area contributed by atoms with Gasteiger partial charge in [0.2, 0.25) is 0 Å². The third-order valence-electron chi connectivity index (χ3n) is 3.51. The molecule has 0 spiro atoms. The van der Waals surface area contributed by atoms with Crippen molar-refractivity contribution in [3.05, 3.63) is 70.4 Å². The summed E-state index contributed by atoms with van der Waals surface area (Å²) in [6, 6.07) is 14.9. The number of carboxylic acid groups (broad SMARTS) is 1. The van der Waals surface area contributed by atoms with E-state index in [0.29, 0.717) is 17.3 Å². The first-order chi connectivity index (χ1) is 11.0. The van der Waals surface area contributed by atoms with Gasteiger partial charge in [-0.25, -0.2) is 9.48 Å². The third-order valence-corrected chi connectivity index (χ3v) is 3.76. The van der Waals surface area contributed by atoms with E-state index in [1.165, 1.54) is 0 Å². The average Bonchev–Trinajstić information content (AvgIpc) is 2.94. The predicted molar refractivity (Wildman–Crippen MR) is 87.7 cm³/mol. The molecule has 0 amide bonds. The molecule has 2 aromatic carbocycles. The minimum Gasteiger partial charge on any atom is -0.476 e. The van der Waals surface area contributed by atoms with Crippen LogP contribution in [0.1, 0.15) is 21.6 Å². The minimum absolute atomic E-state index is 0.0529. The first-order valence-electron chi connectivity index (χ1n) is 7.03. The molecule has 0 atom stereocenters. The summed E-state index contributed by atoms with van der Waals surface area (Å²) in [6.07, 6.45) is 0. The Morgan fingerprint density at radius 3 is 2.39 bits per heavy atom. The Kier molecular flexibility index (Phi) is 4.12. The summed E-state index contributed by atoms with van der Waals surface area (Å²) in [5.74, 6) is -1.09. The molecule has 5 nitrogen and oxygen atoms in total. The van der Waals surface area contributed by atoms with Crippen LogP contribution >= 0.6 is 11.6 Å². The molecule has 116 valence electrons. The van der Waals surface area contributed by atoms with E-state index in [9.17, 15) is 9.90 Å². The second-order valence-electron chi connectivity index (χ2n) is 5.24. The fourth-order valence-corrected chi connectivity index (χ4v) is 2.45. The molecule has 3 rings (SSSR count). The largest absolute Gasteiger partial charge is 0.476 e. The van der Waals surface area contributed by atoms with Gasteiger partial charge in [-0.3, -0.25) is 0 Å². The Labute approximate surface area is 138 Å². The van der Waals surface area contributed by atoms with E-state index in [4.69, 9.17) is 11.6 Å². The number of carbonyl (C=O) groups is 1. The summed E-state index contributed by atoms with van der Waals surface area (Å²) < 4.78 is 1.59. The second kappa shape index (κ2) is 6.22. The van der Waals surface area contributed by atoms with Crippen LogP contribution < -0.4 is 0 Å². The molecule has 0 bridgehead atoms. The Balaban J connectivity index is 2.05. The van der Waals surface area contributed by atoms with Gasteiger partial charge in [-0.05, 0) is 24.6 Å². The number of rotatable bonds is 4. The lowest BCUT2D eigenvalue weighted by Gasteiger charge is -2.08. The lowest BCUT2D eigenvalue weighted by molar-refractivity contribution is 0.0691. The standard InChI is InChI=1S/C17H14ClN3O2/c1-11-2-6-13(7-3-11)16-15(17(22)23)19-20-21(16)10-12-4-8-14(18)9-5-12/h2-9H,10H2,1H3,(H,22,23). The molecule has 3 aromatic rings. The molecule has 0 saturated carbocycles. The lowest BCUT2D eigenvalue weighted by Crippen LogP contribution is -2.06. The average molecular weight is 328 g/mol. The first-order valence-corrected chi connectivity index (χ1v) is 7.40. The quantitative estimate of drug-likeness (QED) is 0.794. The highest BCUT2D eigenvalue weighted by Gasteiger charge is 2.20. The van der Waals surface area contributed by atoms with Gasteiger partial charge in [-0.15, -0.1) is 5.10 Å². The number of hydrogen-bond acceptors (Lipinski definition) is 3. The fourth-order valence-electron chi connectivity index (χ4n) is 2.33. The van der Waals surface area contributed by atoms with E-state index in [0.717, 1.165) is 16.7 Å². The lowest BCUT2D eigenvalue weighted by atomic mass is 10.1. The molecular weight excluding hydrogens is 314 g/mol. The van der Waals surface area contributed by atoms with Gasteiger partial charge in [0.15, 0.2) is 5.69 Å².